The number of aliphatic hydroxyl groups is 1. The third kappa shape index (κ3) is 6.14. The van der Waals surface area contributed by atoms with Crippen LogP contribution in [0.1, 0.15) is 0 Å². The molecule has 0 amide bonds. The molecule has 0 aliphatic heterocycles. The van der Waals surface area contributed by atoms with Crippen molar-refractivity contribution >= 4 is 5.69 Å². The Hall–Kier alpha value is -1.70. The lowest BCUT2D eigenvalue weighted by atomic mass is 10.3. The van der Waals surface area contributed by atoms with Crippen molar-refractivity contribution in [2.75, 3.05) is 33.4 Å². The molecule has 0 fully saturated rings. The van der Waals surface area contributed by atoms with Gasteiger partial charge in [-0.15, -0.1) is 0 Å². The molecule has 0 saturated carbocycles. The van der Waals surface area contributed by atoms with Crippen molar-refractivity contribution in [1.29, 1.82) is 0 Å². The summed E-state index contributed by atoms with van der Waals surface area (Å²) >= 11 is 0. The van der Waals surface area contributed by atoms with Gasteiger partial charge in [0.15, 0.2) is 0 Å². The highest BCUT2D eigenvalue weighted by atomic mass is 16.6. The van der Waals surface area contributed by atoms with Gasteiger partial charge in [0.25, 0.3) is 5.69 Å². The summed E-state index contributed by atoms with van der Waals surface area (Å²) in [7, 11) is 1.61. The van der Waals surface area contributed by atoms with Crippen molar-refractivity contribution in [3.63, 3.8) is 0 Å². The van der Waals surface area contributed by atoms with Gasteiger partial charge in [-0.2, -0.15) is 0 Å². The Kier molecular flexibility index (Phi) is 6.80. The maximum absolute atomic E-state index is 10.5. The van der Waals surface area contributed by atoms with E-state index in [9.17, 15) is 15.2 Å². The molecule has 0 bridgehead atoms. The van der Waals surface area contributed by atoms with Crippen LogP contribution in [0.25, 0.3) is 0 Å². The number of nitro benzene ring substituents is 1. The van der Waals surface area contributed by atoms with Crippen LogP contribution in [-0.2, 0) is 4.74 Å². The Labute approximate surface area is 111 Å². The first kappa shape index (κ1) is 15.4. The number of methoxy groups -OCH3 is 1. The van der Waals surface area contributed by atoms with E-state index in [1.807, 2.05) is 0 Å². The Bertz CT molecular complexity index is 382. The normalized spacial score (nSPS) is 12.1. The number of hydrogen-bond acceptors (Lipinski definition) is 6. The van der Waals surface area contributed by atoms with Crippen molar-refractivity contribution < 1.29 is 19.5 Å². The molecule has 1 atom stereocenters. The van der Waals surface area contributed by atoms with E-state index in [4.69, 9.17) is 9.47 Å². The SMILES string of the molecule is COCCNCC(O)COc1ccc([N+](=O)[O-])cc1. The fraction of sp³-hybridized carbons (Fsp3) is 0.500. The van der Waals surface area contributed by atoms with E-state index in [0.29, 0.717) is 25.4 Å². The average Bonchev–Trinajstić information content (AvgIpc) is 2.42. The number of nitrogens with one attached hydrogen (secondary N) is 1. The second-order valence-electron chi connectivity index (χ2n) is 3.91. The zero-order chi connectivity index (χ0) is 14.1. The molecule has 7 nitrogen and oxygen atoms in total. The number of hydrogen-bond donors (Lipinski definition) is 2. The smallest absolute Gasteiger partial charge is 0.269 e. The van der Waals surface area contributed by atoms with Gasteiger partial charge in [0, 0.05) is 32.3 Å². The monoisotopic (exact) mass is 270 g/mol. The van der Waals surface area contributed by atoms with Crippen LogP contribution < -0.4 is 10.1 Å². The molecule has 0 aliphatic rings. The number of aliphatic hydroxyl groups excluding tert-OH is 1. The van der Waals surface area contributed by atoms with Crippen molar-refractivity contribution in [1.82, 2.24) is 5.32 Å². The maximum Gasteiger partial charge on any atom is 0.269 e. The lowest BCUT2D eigenvalue weighted by Gasteiger charge is -2.13. The topological polar surface area (TPSA) is 93.9 Å². The van der Waals surface area contributed by atoms with Crippen LogP contribution in [0.3, 0.4) is 0 Å². The van der Waals surface area contributed by atoms with Gasteiger partial charge in [-0.05, 0) is 12.1 Å². The van der Waals surface area contributed by atoms with Gasteiger partial charge in [0.05, 0.1) is 11.5 Å². The summed E-state index contributed by atoms with van der Waals surface area (Å²) in [5.74, 6) is 0.488. The number of non-ortho nitro benzene ring substituents is 1. The van der Waals surface area contributed by atoms with Gasteiger partial charge in [-0.1, -0.05) is 0 Å². The van der Waals surface area contributed by atoms with Crippen LogP contribution in [0.4, 0.5) is 5.69 Å². The van der Waals surface area contributed by atoms with Crippen molar-refractivity contribution in [3.8, 4) is 5.75 Å². The fourth-order valence-corrected chi connectivity index (χ4v) is 1.36. The summed E-state index contributed by atoms with van der Waals surface area (Å²) in [6, 6.07) is 5.73. The molecular formula is C12H18N2O5. The minimum absolute atomic E-state index is 0.00845. The Morgan fingerprint density at radius 3 is 2.68 bits per heavy atom. The molecular weight excluding hydrogens is 252 g/mol. The highest BCUT2D eigenvalue weighted by Gasteiger charge is 2.07. The van der Waals surface area contributed by atoms with E-state index in [1.165, 1.54) is 24.3 Å². The molecule has 1 aromatic rings. The van der Waals surface area contributed by atoms with Gasteiger partial charge in [-0.3, -0.25) is 10.1 Å². The summed E-state index contributed by atoms with van der Waals surface area (Å²) in [5, 5.41) is 23.1. The third-order valence-electron chi connectivity index (χ3n) is 2.35. The molecule has 106 valence electrons. The van der Waals surface area contributed by atoms with Gasteiger partial charge < -0.3 is 19.9 Å². The Balaban J connectivity index is 2.25. The largest absolute Gasteiger partial charge is 0.491 e. The number of ether oxygens (including phenoxy) is 2. The maximum atomic E-state index is 10.5. The number of benzene rings is 1. The first-order valence-corrected chi connectivity index (χ1v) is 5.88. The fourth-order valence-electron chi connectivity index (χ4n) is 1.36. The molecule has 7 heteroatoms. The van der Waals surface area contributed by atoms with Crippen molar-refractivity contribution in [2.45, 2.75) is 6.10 Å². The molecule has 1 unspecified atom stereocenters. The van der Waals surface area contributed by atoms with Crippen molar-refractivity contribution in [2.24, 2.45) is 0 Å². The van der Waals surface area contributed by atoms with E-state index in [0.717, 1.165) is 0 Å². The average molecular weight is 270 g/mol. The molecule has 1 rings (SSSR count). The lowest BCUT2D eigenvalue weighted by Crippen LogP contribution is -2.33. The quantitative estimate of drug-likeness (QED) is 0.387. The second-order valence-corrected chi connectivity index (χ2v) is 3.91. The standard InChI is InChI=1S/C12H18N2O5/c1-18-7-6-13-8-11(15)9-19-12-4-2-10(3-5-12)14(16)17/h2-5,11,13,15H,6-9H2,1H3. The number of rotatable bonds is 9. The highest BCUT2D eigenvalue weighted by Crippen LogP contribution is 2.17. The minimum atomic E-state index is -0.646. The van der Waals surface area contributed by atoms with Crippen LogP contribution in [0.2, 0.25) is 0 Å². The predicted molar refractivity (Wildman–Crippen MR) is 69.3 cm³/mol. The molecule has 1 aromatic carbocycles. The molecule has 19 heavy (non-hydrogen) atoms. The predicted octanol–water partition coefficient (Wildman–Crippen LogP) is 0.570. The summed E-state index contributed by atoms with van der Waals surface area (Å²) < 4.78 is 10.2. The van der Waals surface area contributed by atoms with Crippen LogP contribution >= 0.6 is 0 Å². The number of nitrogens with zero attached hydrogens (tertiary/aromatic N) is 1. The zero-order valence-corrected chi connectivity index (χ0v) is 10.7. The van der Waals surface area contributed by atoms with E-state index in [2.05, 4.69) is 5.32 Å². The lowest BCUT2D eigenvalue weighted by molar-refractivity contribution is -0.384. The van der Waals surface area contributed by atoms with E-state index < -0.39 is 11.0 Å². The van der Waals surface area contributed by atoms with Crippen molar-refractivity contribution in [3.05, 3.63) is 34.4 Å². The molecule has 0 aliphatic carbocycles. The first-order valence-electron chi connectivity index (χ1n) is 5.88. The van der Waals surface area contributed by atoms with E-state index >= 15 is 0 Å². The van der Waals surface area contributed by atoms with Crippen LogP contribution in [0, 0.1) is 10.1 Å². The van der Waals surface area contributed by atoms with Gasteiger partial charge >= 0.3 is 0 Å². The Morgan fingerprint density at radius 2 is 2.11 bits per heavy atom. The molecule has 0 saturated heterocycles. The van der Waals surface area contributed by atoms with Gasteiger partial charge in [-0.25, -0.2) is 0 Å². The molecule has 0 heterocycles. The Morgan fingerprint density at radius 1 is 1.42 bits per heavy atom. The molecule has 0 spiro atoms. The summed E-state index contributed by atoms with van der Waals surface area (Å²) in [6.45, 7) is 1.76. The molecule has 0 aromatic heterocycles. The molecule has 2 N–H and O–H groups in total. The first-order chi connectivity index (χ1) is 9.13. The van der Waals surface area contributed by atoms with Crippen LogP contribution in [-0.4, -0.2) is 49.5 Å². The van der Waals surface area contributed by atoms with Crippen LogP contribution in [0.5, 0.6) is 5.75 Å². The summed E-state index contributed by atoms with van der Waals surface area (Å²) in [4.78, 5) is 9.98. The molecule has 0 radical (unpaired) electrons. The summed E-state index contributed by atoms with van der Waals surface area (Å²) in [6.07, 6.45) is -0.646. The van der Waals surface area contributed by atoms with Crippen LogP contribution in [0.15, 0.2) is 24.3 Å². The minimum Gasteiger partial charge on any atom is -0.491 e. The summed E-state index contributed by atoms with van der Waals surface area (Å²) in [5.41, 5.74) is 0.00845. The van der Waals surface area contributed by atoms with Gasteiger partial charge in [0.2, 0.25) is 0 Å². The zero-order valence-electron chi connectivity index (χ0n) is 10.7. The second kappa shape index (κ2) is 8.41. The van der Waals surface area contributed by atoms with E-state index in [1.54, 1.807) is 7.11 Å². The van der Waals surface area contributed by atoms with E-state index in [-0.39, 0.29) is 12.3 Å². The van der Waals surface area contributed by atoms with Gasteiger partial charge in [0.1, 0.15) is 18.5 Å². The third-order valence-corrected chi connectivity index (χ3v) is 2.35. The highest BCUT2D eigenvalue weighted by molar-refractivity contribution is 5.35. The number of nitro groups is 1.